The second-order valence-corrected chi connectivity index (χ2v) is 11.3. The van der Waals surface area contributed by atoms with Crippen LogP contribution in [0.2, 0.25) is 5.02 Å². The molecule has 1 saturated carbocycles. The zero-order valence-electron chi connectivity index (χ0n) is 24.5. The lowest BCUT2D eigenvalue weighted by molar-refractivity contribution is -0.153. The molecule has 2 aliphatic rings. The standard InChI is InChI=1S/C32H44ClN3O5/c1-4-22-7-5-8-25(19-22)29-26(9-6-10-27(29)33)30(41-17-15-35-32(38)39-3)28-21-36(16-18-40-28)31(37)24-13-11-23(12-14-24)20-34-2/h5-10,19,23-24,28,30,34H,4,11-18,20-21H2,1-3H3,(H,35,38). The molecule has 2 unspecified atom stereocenters. The fraction of sp³-hybridized carbons (Fsp3) is 0.562. The molecule has 2 aromatic rings. The van der Waals surface area contributed by atoms with Gasteiger partial charge in [-0.3, -0.25) is 4.79 Å². The number of benzene rings is 2. The van der Waals surface area contributed by atoms with Gasteiger partial charge in [0.2, 0.25) is 5.91 Å². The molecule has 1 heterocycles. The van der Waals surface area contributed by atoms with E-state index in [0.717, 1.165) is 55.3 Å². The van der Waals surface area contributed by atoms with Crippen molar-refractivity contribution in [3.63, 3.8) is 0 Å². The summed E-state index contributed by atoms with van der Waals surface area (Å²) in [5.41, 5.74) is 4.01. The van der Waals surface area contributed by atoms with Crippen LogP contribution >= 0.6 is 11.6 Å². The Balaban J connectivity index is 1.57. The molecule has 41 heavy (non-hydrogen) atoms. The van der Waals surface area contributed by atoms with Crippen LogP contribution < -0.4 is 10.6 Å². The predicted molar refractivity (Wildman–Crippen MR) is 161 cm³/mol. The highest BCUT2D eigenvalue weighted by molar-refractivity contribution is 6.33. The third-order valence-electron chi connectivity index (χ3n) is 8.26. The van der Waals surface area contributed by atoms with Crippen molar-refractivity contribution in [2.75, 3.05) is 53.6 Å². The highest BCUT2D eigenvalue weighted by atomic mass is 35.5. The van der Waals surface area contributed by atoms with Gasteiger partial charge in [-0.1, -0.05) is 54.9 Å². The van der Waals surface area contributed by atoms with Gasteiger partial charge in [0.25, 0.3) is 0 Å². The van der Waals surface area contributed by atoms with E-state index in [-0.39, 0.29) is 25.0 Å². The average Bonchev–Trinajstić information content (AvgIpc) is 3.01. The number of hydrogen-bond acceptors (Lipinski definition) is 6. The van der Waals surface area contributed by atoms with Crippen molar-refractivity contribution < 1.29 is 23.8 Å². The number of nitrogens with one attached hydrogen (secondary N) is 2. The van der Waals surface area contributed by atoms with Crippen LogP contribution in [0.15, 0.2) is 42.5 Å². The number of carbonyl (C=O) groups is 2. The Bertz CT molecular complexity index is 1150. The average molecular weight is 586 g/mol. The second kappa shape index (κ2) is 15.5. The normalized spacial score (nSPS) is 21.8. The monoisotopic (exact) mass is 585 g/mol. The molecule has 0 aromatic heterocycles. The SMILES string of the molecule is CCc1cccc(-c2c(Cl)cccc2C(OCCNC(=O)OC)C2CN(C(=O)C3CCC(CNC)CC3)CCO2)c1. The molecule has 2 aromatic carbocycles. The molecule has 0 radical (unpaired) electrons. The van der Waals surface area contributed by atoms with Gasteiger partial charge >= 0.3 is 6.09 Å². The van der Waals surface area contributed by atoms with Crippen molar-refractivity contribution in [2.24, 2.45) is 11.8 Å². The Morgan fingerprint density at radius 2 is 1.93 bits per heavy atom. The van der Waals surface area contributed by atoms with Crippen LogP contribution in [0.1, 0.15) is 49.8 Å². The molecule has 1 aliphatic carbocycles. The van der Waals surface area contributed by atoms with E-state index in [1.165, 1.54) is 12.7 Å². The molecule has 8 nitrogen and oxygen atoms in total. The van der Waals surface area contributed by atoms with Crippen molar-refractivity contribution >= 4 is 23.6 Å². The number of hydrogen-bond donors (Lipinski definition) is 2. The molecule has 4 rings (SSSR count). The maximum atomic E-state index is 13.6. The van der Waals surface area contributed by atoms with E-state index < -0.39 is 18.3 Å². The fourth-order valence-electron chi connectivity index (χ4n) is 6.06. The van der Waals surface area contributed by atoms with Crippen LogP contribution in [0.5, 0.6) is 0 Å². The van der Waals surface area contributed by atoms with E-state index >= 15 is 0 Å². The maximum absolute atomic E-state index is 13.6. The first-order valence-electron chi connectivity index (χ1n) is 14.8. The Morgan fingerprint density at radius 3 is 2.66 bits per heavy atom. The molecule has 224 valence electrons. The summed E-state index contributed by atoms with van der Waals surface area (Å²) in [5.74, 6) is 0.920. The molecule has 0 bridgehead atoms. The number of halogens is 1. The number of rotatable bonds is 11. The van der Waals surface area contributed by atoms with Gasteiger partial charge in [0, 0.05) is 36.1 Å². The van der Waals surface area contributed by atoms with Gasteiger partial charge in [-0.05, 0) is 74.4 Å². The number of ether oxygens (including phenoxy) is 3. The zero-order valence-corrected chi connectivity index (χ0v) is 25.3. The van der Waals surface area contributed by atoms with Crippen LogP contribution in [0.4, 0.5) is 4.79 Å². The van der Waals surface area contributed by atoms with Crippen LogP contribution in [-0.4, -0.2) is 76.6 Å². The smallest absolute Gasteiger partial charge is 0.406 e. The van der Waals surface area contributed by atoms with E-state index in [9.17, 15) is 9.59 Å². The number of nitrogens with zero attached hydrogens (tertiary/aromatic N) is 1. The van der Waals surface area contributed by atoms with E-state index in [4.69, 9.17) is 25.8 Å². The lowest BCUT2D eigenvalue weighted by Crippen LogP contribution is -2.50. The van der Waals surface area contributed by atoms with E-state index in [2.05, 4.69) is 35.8 Å². The molecular formula is C32H44ClN3O5. The predicted octanol–water partition coefficient (Wildman–Crippen LogP) is 5.24. The highest BCUT2D eigenvalue weighted by Crippen LogP contribution is 2.39. The third kappa shape index (κ3) is 8.22. The molecule has 1 saturated heterocycles. The molecule has 1 aliphatic heterocycles. The third-order valence-corrected chi connectivity index (χ3v) is 8.58. The van der Waals surface area contributed by atoms with Crippen LogP contribution in [0.3, 0.4) is 0 Å². The first kappa shape index (κ1) is 31.3. The topological polar surface area (TPSA) is 89.1 Å². The molecule has 2 amide bonds. The number of methoxy groups -OCH3 is 1. The number of aryl methyl sites for hydroxylation is 1. The fourth-order valence-corrected chi connectivity index (χ4v) is 6.35. The first-order valence-corrected chi connectivity index (χ1v) is 15.2. The van der Waals surface area contributed by atoms with Gasteiger partial charge in [-0.15, -0.1) is 0 Å². The summed E-state index contributed by atoms with van der Waals surface area (Å²) >= 11 is 6.84. The molecule has 9 heteroatoms. The quantitative estimate of drug-likeness (QED) is 0.351. The summed E-state index contributed by atoms with van der Waals surface area (Å²) in [6.07, 6.45) is 3.51. The Kier molecular flexibility index (Phi) is 11.9. The van der Waals surface area contributed by atoms with Gasteiger partial charge in [0.15, 0.2) is 0 Å². The van der Waals surface area contributed by atoms with Gasteiger partial charge in [0.05, 0.1) is 20.3 Å². The lowest BCUT2D eigenvalue weighted by Gasteiger charge is -2.40. The lowest BCUT2D eigenvalue weighted by atomic mass is 9.81. The molecular weight excluding hydrogens is 542 g/mol. The number of amides is 2. The van der Waals surface area contributed by atoms with Crippen LogP contribution in [0, 0.1) is 11.8 Å². The summed E-state index contributed by atoms with van der Waals surface area (Å²) in [6, 6.07) is 14.2. The van der Waals surface area contributed by atoms with Crippen molar-refractivity contribution in [3.8, 4) is 11.1 Å². The number of alkyl carbamates (subject to hydrolysis) is 1. The second-order valence-electron chi connectivity index (χ2n) is 10.9. The largest absolute Gasteiger partial charge is 0.453 e. The summed E-state index contributed by atoms with van der Waals surface area (Å²) in [6.45, 7) is 5.09. The van der Waals surface area contributed by atoms with Gasteiger partial charge in [-0.25, -0.2) is 4.79 Å². The summed E-state index contributed by atoms with van der Waals surface area (Å²) in [7, 11) is 3.32. The summed E-state index contributed by atoms with van der Waals surface area (Å²) in [5, 5.41) is 6.57. The minimum Gasteiger partial charge on any atom is -0.453 e. The Hall–Kier alpha value is -2.65. The zero-order chi connectivity index (χ0) is 29.2. The Labute approximate surface area is 249 Å². The van der Waals surface area contributed by atoms with Crippen LogP contribution in [-0.2, 0) is 25.4 Å². The van der Waals surface area contributed by atoms with E-state index in [0.29, 0.717) is 30.6 Å². The van der Waals surface area contributed by atoms with Gasteiger partial charge < -0.3 is 29.7 Å². The number of morpholine rings is 1. The van der Waals surface area contributed by atoms with Gasteiger partial charge in [-0.2, -0.15) is 0 Å². The minimum absolute atomic E-state index is 0.0593. The minimum atomic E-state index is -0.514. The summed E-state index contributed by atoms with van der Waals surface area (Å²) < 4.78 is 17.5. The van der Waals surface area contributed by atoms with Crippen molar-refractivity contribution in [3.05, 3.63) is 58.6 Å². The first-order chi connectivity index (χ1) is 19.9. The number of carbonyl (C=O) groups excluding carboxylic acids is 2. The highest BCUT2D eigenvalue weighted by Gasteiger charge is 2.36. The van der Waals surface area contributed by atoms with Crippen molar-refractivity contribution in [2.45, 2.75) is 51.2 Å². The van der Waals surface area contributed by atoms with E-state index in [1.54, 1.807) is 0 Å². The summed E-state index contributed by atoms with van der Waals surface area (Å²) in [4.78, 5) is 27.2. The van der Waals surface area contributed by atoms with Gasteiger partial charge in [0.1, 0.15) is 12.2 Å². The van der Waals surface area contributed by atoms with Crippen LogP contribution in [0.25, 0.3) is 11.1 Å². The van der Waals surface area contributed by atoms with Crippen molar-refractivity contribution in [1.82, 2.24) is 15.5 Å². The van der Waals surface area contributed by atoms with E-state index in [1.807, 2.05) is 36.2 Å². The molecule has 2 fully saturated rings. The molecule has 0 spiro atoms. The molecule has 2 atom stereocenters. The Morgan fingerprint density at radius 1 is 1.15 bits per heavy atom. The maximum Gasteiger partial charge on any atom is 0.406 e. The molecule has 2 N–H and O–H groups in total. The van der Waals surface area contributed by atoms with Crippen molar-refractivity contribution in [1.29, 1.82) is 0 Å².